The second kappa shape index (κ2) is 7.04. The van der Waals surface area contributed by atoms with Crippen LogP contribution in [-0.4, -0.2) is 17.1 Å². The lowest BCUT2D eigenvalue weighted by atomic mass is 10.3. The number of rotatable bonds is 5. The van der Waals surface area contributed by atoms with Gasteiger partial charge in [-0.2, -0.15) is 0 Å². The van der Waals surface area contributed by atoms with Crippen LogP contribution in [0.25, 0.3) is 0 Å². The molecule has 0 fully saturated rings. The van der Waals surface area contributed by atoms with Crippen molar-refractivity contribution in [1.29, 1.82) is 0 Å². The molecule has 2 aromatic rings. The first-order chi connectivity index (χ1) is 9.62. The Morgan fingerprint density at radius 3 is 2.70 bits per heavy atom. The van der Waals surface area contributed by atoms with Crippen LogP contribution in [0.15, 0.2) is 33.3 Å². The number of hydrogen-bond acceptors (Lipinski definition) is 4. The van der Waals surface area contributed by atoms with E-state index in [-0.39, 0.29) is 0 Å². The van der Waals surface area contributed by atoms with E-state index < -0.39 is 0 Å². The molecule has 2 rings (SSSR count). The van der Waals surface area contributed by atoms with Gasteiger partial charge in [0.05, 0.1) is 11.6 Å². The van der Waals surface area contributed by atoms with Crippen LogP contribution in [0, 0.1) is 0 Å². The molecule has 4 nitrogen and oxygen atoms in total. The van der Waals surface area contributed by atoms with Crippen molar-refractivity contribution in [2.45, 2.75) is 19.8 Å². The SMILES string of the molecule is CCCc1nc(Br)cc(Nc2ccc(Br)c(OC)c2)n1. The van der Waals surface area contributed by atoms with E-state index >= 15 is 0 Å². The highest BCUT2D eigenvalue weighted by Gasteiger charge is 2.05. The molecule has 1 aromatic heterocycles. The average molecular weight is 401 g/mol. The zero-order valence-electron chi connectivity index (χ0n) is 11.3. The molecule has 1 heterocycles. The van der Waals surface area contributed by atoms with Gasteiger partial charge in [0.25, 0.3) is 0 Å². The smallest absolute Gasteiger partial charge is 0.135 e. The molecule has 20 heavy (non-hydrogen) atoms. The molecule has 0 saturated carbocycles. The number of anilines is 2. The van der Waals surface area contributed by atoms with Crippen molar-refractivity contribution in [2.24, 2.45) is 0 Å². The summed E-state index contributed by atoms with van der Waals surface area (Å²) < 4.78 is 6.98. The van der Waals surface area contributed by atoms with Crippen molar-refractivity contribution in [3.8, 4) is 5.75 Å². The Bertz CT molecular complexity index is 605. The van der Waals surface area contributed by atoms with E-state index in [9.17, 15) is 0 Å². The molecule has 0 spiro atoms. The topological polar surface area (TPSA) is 47.0 Å². The second-order valence-electron chi connectivity index (χ2n) is 4.22. The van der Waals surface area contributed by atoms with Crippen molar-refractivity contribution < 1.29 is 4.74 Å². The van der Waals surface area contributed by atoms with E-state index in [2.05, 4.69) is 54.1 Å². The van der Waals surface area contributed by atoms with Gasteiger partial charge in [-0.25, -0.2) is 9.97 Å². The Balaban J connectivity index is 2.25. The number of hydrogen-bond donors (Lipinski definition) is 1. The molecule has 0 aliphatic carbocycles. The molecule has 1 N–H and O–H groups in total. The standard InChI is InChI=1S/C14H15Br2N3O/c1-3-4-13-18-12(16)8-14(19-13)17-9-5-6-10(15)11(7-9)20-2/h5-8H,3-4H2,1-2H3,(H,17,18,19). The second-order valence-corrected chi connectivity index (χ2v) is 5.88. The van der Waals surface area contributed by atoms with Crippen LogP contribution in [0.4, 0.5) is 11.5 Å². The maximum absolute atomic E-state index is 5.28. The molecule has 0 aliphatic heterocycles. The van der Waals surface area contributed by atoms with Crippen molar-refractivity contribution in [1.82, 2.24) is 9.97 Å². The minimum absolute atomic E-state index is 0.764. The molecule has 6 heteroatoms. The number of aromatic nitrogens is 2. The summed E-state index contributed by atoms with van der Waals surface area (Å²) in [5.74, 6) is 2.37. The molecule has 0 radical (unpaired) electrons. The molecule has 1 aromatic carbocycles. The number of benzene rings is 1. The molecule has 0 amide bonds. The number of nitrogens with zero attached hydrogens (tertiary/aromatic N) is 2. The third-order valence-electron chi connectivity index (χ3n) is 2.64. The molecule has 106 valence electrons. The Kier molecular flexibility index (Phi) is 5.37. The maximum Gasteiger partial charge on any atom is 0.135 e. The summed E-state index contributed by atoms with van der Waals surface area (Å²) in [7, 11) is 1.64. The van der Waals surface area contributed by atoms with E-state index in [1.54, 1.807) is 7.11 Å². The highest BCUT2D eigenvalue weighted by Crippen LogP contribution is 2.29. The fourth-order valence-electron chi connectivity index (χ4n) is 1.75. The van der Waals surface area contributed by atoms with Crippen molar-refractivity contribution in [3.63, 3.8) is 0 Å². The first-order valence-electron chi connectivity index (χ1n) is 6.26. The zero-order chi connectivity index (χ0) is 14.5. The van der Waals surface area contributed by atoms with E-state index in [0.717, 1.165) is 45.0 Å². The van der Waals surface area contributed by atoms with E-state index in [0.29, 0.717) is 0 Å². The van der Waals surface area contributed by atoms with Crippen molar-refractivity contribution in [2.75, 3.05) is 12.4 Å². The molecule has 0 saturated heterocycles. The summed E-state index contributed by atoms with van der Waals surface area (Å²) in [4.78, 5) is 8.84. The summed E-state index contributed by atoms with van der Waals surface area (Å²) >= 11 is 6.85. The third-order valence-corrected chi connectivity index (χ3v) is 3.70. The van der Waals surface area contributed by atoms with Gasteiger partial charge in [0.15, 0.2) is 0 Å². The fraction of sp³-hybridized carbons (Fsp3) is 0.286. The molecular weight excluding hydrogens is 386 g/mol. The lowest BCUT2D eigenvalue weighted by Gasteiger charge is -2.10. The summed E-state index contributed by atoms with van der Waals surface area (Å²) in [6.07, 6.45) is 1.87. The van der Waals surface area contributed by atoms with Gasteiger partial charge in [-0.15, -0.1) is 0 Å². The summed E-state index contributed by atoms with van der Waals surface area (Å²) in [5.41, 5.74) is 0.915. The van der Waals surface area contributed by atoms with Crippen LogP contribution in [0.1, 0.15) is 19.2 Å². The zero-order valence-corrected chi connectivity index (χ0v) is 14.5. The van der Waals surface area contributed by atoms with Crippen LogP contribution in [0.3, 0.4) is 0 Å². The van der Waals surface area contributed by atoms with Gasteiger partial charge in [-0.3, -0.25) is 0 Å². The van der Waals surface area contributed by atoms with E-state index in [1.807, 2.05) is 24.3 Å². The van der Waals surface area contributed by atoms with Crippen LogP contribution < -0.4 is 10.1 Å². The quantitative estimate of drug-likeness (QED) is 0.738. The van der Waals surface area contributed by atoms with Gasteiger partial charge in [0.1, 0.15) is 22.0 Å². The lowest BCUT2D eigenvalue weighted by Crippen LogP contribution is -2.00. The van der Waals surface area contributed by atoms with Gasteiger partial charge in [0, 0.05) is 24.2 Å². The van der Waals surface area contributed by atoms with Crippen LogP contribution in [-0.2, 0) is 6.42 Å². The number of nitrogens with one attached hydrogen (secondary N) is 1. The van der Waals surface area contributed by atoms with E-state index in [1.165, 1.54) is 0 Å². The van der Waals surface area contributed by atoms with Gasteiger partial charge >= 0.3 is 0 Å². The number of aryl methyl sites for hydroxylation is 1. The van der Waals surface area contributed by atoms with Crippen molar-refractivity contribution >= 4 is 43.4 Å². The Labute approximate surface area is 135 Å². The van der Waals surface area contributed by atoms with Crippen LogP contribution in [0.5, 0.6) is 5.75 Å². The fourth-order valence-corrected chi connectivity index (χ4v) is 2.58. The van der Waals surface area contributed by atoms with E-state index in [4.69, 9.17) is 4.74 Å². The first kappa shape index (κ1) is 15.3. The predicted molar refractivity (Wildman–Crippen MR) is 87.7 cm³/mol. The Hall–Kier alpha value is -1.14. The molecule has 0 bridgehead atoms. The van der Waals surface area contributed by atoms with Gasteiger partial charge in [0.2, 0.25) is 0 Å². The number of methoxy groups -OCH3 is 1. The van der Waals surface area contributed by atoms with Gasteiger partial charge < -0.3 is 10.1 Å². The van der Waals surface area contributed by atoms with Crippen LogP contribution in [0.2, 0.25) is 0 Å². The highest BCUT2D eigenvalue weighted by molar-refractivity contribution is 9.10. The molecule has 0 aliphatic rings. The Morgan fingerprint density at radius 2 is 2.00 bits per heavy atom. The lowest BCUT2D eigenvalue weighted by molar-refractivity contribution is 0.412. The van der Waals surface area contributed by atoms with Crippen molar-refractivity contribution in [3.05, 3.63) is 39.2 Å². The monoisotopic (exact) mass is 399 g/mol. The number of halogens is 2. The normalized spacial score (nSPS) is 10.4. The molecular formula is C14H15Br2N3O. The minimum Gasteiger partial charge on any atom is -0.495 e. The average Bonchev–Trinajstić information content (AvgIpc) is 2.40. The molecule has 0 atom stereocenters. The Morgan fingerprint density at radius 1 is 1.20 bits per heavy atom. The van der Waals surface area contributed by atoms with Gasteiger partial charge in [-0.1, -0.05) is 6.92 Å². The largest absolute Gasteiger partial charge is 0.495 e. The molecule has 0 unspecified atom stereocenters. The summed E-state index contributed by atoms with van der Waals surface area (Å²) in [6.45, 7) is 2.11. The first-order valence-corrected chi connectivity index (χ1v) is 7.85. The van der Waals surface area contributed by atoms with Crippen LogP contribution >= 0.6 is 31.9 Å². The predicted octanol–water partition coefficient (Wildman–Crippen LogP) is 4.71. The summed E-state index contributed by atoms with van der Waals surface area (Å²) in [6, 6.07) is 7.67. The third kappa shape index (κ3) is 3.93. The maximum atomic E-state index is 5.28. The highest BCUT2D eigenvalue weighted by atomic mass is 79.9. The minimum atomic E-state index is 0.764. The summed E-state index contributed by atoms with van der Waals surface area (Å²) in [5, 5.41) is 3.26. The van der Waals surface area contributed by atoms with Gasteiger partial charge in [-0.05, 0) is 50.4 Å². The number of ether oxygens (including phenoxy) is 1.